The highest BCUT2D eigenvalue weighted by Gasteiger charge is 2.49. The van der Waals surface area contributed by atoms with Crippen molar-refractivity contribution in [3.8, 4) is 0 Å². The van der Waals surface area contributed by atoms with E-state index in [0.29, 0.717) is 29.8 Å². The summed E-state index contributed by atoms with van der Waals surface area (Å²) in [5.41, 5.74) is 2.71. The molecule has 1 heterocycles. The molecule has 0 amide bonds. The van der Waals surface area contributed by atoms with Crippen LogP contribution in [0.1, 0.15) is 73.3 Å². The first-order chi connectivity index (χ1) is 15.6. The highest BCUT2D eigenvalue weighted by Crippen LogP contribution is 2.45. The van der Waals surface area contributed by atoms with Gasteiger partial charge in [-0.15, -0.1) is 0 Å². The largest absolute Gasteiger partial charge is 0.469 e. The molecule has 0 spiro atoms. The fraction of sp³-hybridized carbons (Fsp3) is 0.741. The molecule has 1 aromatic carbocycles. The highest BCUT2D eigenvalue weighted by atomic mass is 28.4. The van der Waals surface area contributed by atoms with E-state index < -0.39 is 8.32 Å². The number of hydrogen-bond donors (Lipinski definition) is 0. The normalized spacial score (nSPS) is 24.0. The Morgan fingerprint density at radius 2 is 1.67 bits per heavy atom. The minimum atomic E-state index is -2.05. The molecular weight excluding hydrogens is 432 g/mol. The smallest absolute Gasteiger partial charge is 0.308 e. The number of esters is 1. The molecule has 0 aliphatic carbocycles. The summed E-state index contributed by atoms with van der Waals surface area (Å²) in [6.07, 6.45) is 1.78. The molecule has 0 radical (unpaired) electrons. The second-order valence-electron chi connectivity index (χ2n) is 10.5. The monoisotopic (exact) mass is 478 g/mol. The van der Waals surface area contributed by atoms with Gasteiger partial charge < -0.3 is 18.6 Å². The van der Waals surface area contributed by atoms with Gasteiger partial charge in [-0.3, -0.25) is 4.79 Å². The number of carbonyl (C=O) groups excluding carboxylic acids is 1. The maximum absolute atomic E-state index is 12.1. The van der Waals surface area contributed by atoms with Crippen LogP contribution in [0.25, 0.3) is 0 Å². The summed E-state index contributed by atoms with van der Waals surface area (Å²) in [4.78, 5) is 12.1. The summed E-state index contributed by atoms with van der Waals surface area (Å²) in [7, 11) is -0.612. The molecule has 33 heavy (non-hydrogen) atoms. The van der Waals surface area contributed by atoms with Crippen LogP contribution in [0, 0.1) is 5.92 Å². The minimum absolute atomic E-state index is 0.00909. The van der Waals surface area contributed by atoms with Crippen LogP contribution in [0.15, 0.2) is 30.3 Å². The molecule has 0 aromatic heterocycles. The van der Waals surface area contributed by atoms with Gasteiger partial charge in [-0.05, 0) is 35.0 Å². The topological polar surface area (TPSA) is 54.0 Å². The van der Waals surface area contributed by atoms with Gasteiger partial charge in [0.25, 0.3) is 0 Å². The summed E-state index contributed by atoms with van der Waals surface area (Å²) in [6.45, 7) is 17.3. The number of rotatable bonds is 12. The summed E-state index contributed by atoms with van der Waals surface area (Å²) < 4.78 is 24.5. The van der Waals surface area contributed by atoms with Crippen LogP contribution < -0.4 is 0 Å². The SMILES string of the molecule is COC(=O)C[C@H]1O[C@@H](CCOCc2ccccc2)C[C@@H](O[Si](C(C)C)(C(C)C)C(C)C)[C@@H]1C. The molecule has 0 saturated carbocycles. The zero-order valence-corrected chi connectivity index (χ0v) is 23.0. The van der Waals surface area contributed by atoms with Crippen molar-refractivity contribution in [3.63, 3.8) is 0 Å². The highest BCUT2D eigenvalue weighted by molar-refractivity contribution is 6.77. The van der Waals surface area contributed by atoms with E-state index in [2.05, 4.69) is 60.6 Å². The molecule has 0 bridgehead atoms. The van der Waals surface area contributed by atoms with Gasteiger partial charge in [0.15, 0.2) is 0 Å². The van der Waals surface area contributed by atoms with Crippen molar-refractivity contribution in [3.05, 3.63) is 35.9 Å². The Bertz CT molecular complexity index is 684. The van der Waals surface area contributed by atoms with Gasteiger partial charge in [0.05, 0.1) is 38.4 Å². The summed E-state index contributed by atoms with van der Waals surface area (Å²) in [6, 6.07) is 10.2. The number of ether oxygens (including phenoxy) is 3. The van der Waals surface area contributed by atoms with Crippen molar-refractivity contribution in [1.29, 1.82) is 0 Å². The van der Waals surface area contributed by atoms with Crippen LogP contribution in [0.4, 0.5) is 0 Å². The van der Waals surface area contributed by atoms with Crippen LogP contribution in [-0.4, -0.2) is 46.3 Å². The van der Waals surface area contributed by atoms with Gasteiger partial charge in [-0.25, -0.2) is 0 Å². The lowest BCUT2D eigenvalue weighted by Gasteiger charge is -2.49. The van der Waals surface area contributed by atoms with E-state index in [0.717, 1.165) is 12.8 Å². The summed E-state index contributed by atoms with van der Waals surface area (Å²) >= 11 is 0. The molecule has 1 aromatic rings. The van der Waals surface area contributed by atoms with Gasteiger partial charge in [0.1, 0.15) is 0 Å². The first kappa shape index (κ1) is 28.0. The zero-order chi connectivity index (χ0) is 24.6. The Kier molecular flexibility index (Phi) is 11.1. The lowest BCUT2D eigenvalue weighted by atomic mass is 9.88. The Morgan fingerprint density at radius 3 is 2.21 bits per heavy atom. The molecule has 5 nitrogen and oxygen atoms in total. The molecule has 188 valence electrons. The van der Waals surface area contributed by atoms with Crippen molar-refractivity contribution in [2.75, 3.05) is 13.7 Å². The molecular formula is C27H46O5Si. The predicted molar refractivity (Wildman–Crippen MR) is 136 cm³/mol. The Balaban J connectivity index is 2.11. The molecule has 0 N–H and O–H groups in total. The third kappa shape index (κ3) is 7.38. The van der Waals surface area contributed by atoms with Crippen LogP contribution >= 0.6 is 0 Å². The quantitative estimate of drug-likeness (QED) is 0.195. The van der Waals surface area contributed by atoms with Crippen LogP contribution in [0.5, 0.6) is 0 Å². The Morgan fingerprint density at radius 1 is 1.06 bits per heavy atom. The lowest BCUT2D eigenvalue weighted by molar-refractivity contribution is -0.160. The number of methoxy groups -OCH3 is 1. The van der Waals surface area contributed by atoms with Crippen molar-refractivity contribution >= 4 is 14.3 Å². The van der Waals surface area contributed by atoms with Crippen LogP contribution in [-0.2, 0) is 30.0 Å². The van der Waals surface area contributed by atoms with E-state index in [1.165, 1.54) is 12.7 Å². The molecule has 0 unspecified atom stereocenters. The second-order valence-corrected chi connectivity index (χ2v) is 15.9. The maximum Gasteiger partial charge on any atom is 0.308 e. The number of carbonyl (C=O) groups is 1. The van der Waals surface area contributed by atoms with E-state index in [1.807, 2.05) is 18.2 Å². The van der Waals surface area contributed by atoms with Crippen molar-refractivity contribution in [1.82, 2.24) is 0 Å². The molecule has 1 aliphatic heterocycles. The molecule has 6 heteroatoms. The van der Waals surface area contributed by atoms with Gasteiger partial charge >= 0.3 is 5.97 Å². The van der Waals surface area contributed by atoms with E-state index in [-0.39, 0.29) is 36.6 Å². The zero-order valence-electron chi connectivity index (χ0n) is 22.0. The molecule has 1 saturated heterocycles. The average Bonchev–Trinajstić information content (AvgIpc) is 2.77. The number of hydrogen-bond acceptors (Lipinski definition) is 5. The van der Waals surface area contributed by atoms with Crippen molar-refractivity contribution in [2.45, 2.75) is 109 Å². The minimum Gasteiger partial charge on any atom is -0.469 e. The molecule has 1 fully saturated rings. The standard InChI is InChI=1S/C27H46O5Si/c1-19(2)33(20(3)4,21(5)6)32-26-16-24(31-25(22(26)7)17-27(28)29-8)14-15-30-18-23-12-10-9-11-13-23/h9-13,19-22,24-26H,14-18H2,1-8H3/t22-,24+,25-,26-/m1/s1. The molecule has 1 aliphatic rings. The van der Waals surface area contributed by atoms with Crippen LogP contribution in [0.3, 0.4) is 0 Å². The van der Waals surface area contributed by atoms with Crippen molar-refractivity contribution < 1.29 is 23.4 Å². The Hall–Kier alpha value is -1.21. The maximum atomic E-state index is 12.1. The third-order valence-electron chi connectivity index (χ3n) is 7.39. The second kappa shape index (κ2) is 13.0. The lowest BCUT2D eigenvalue weighted by Crippen LogP contribution is -2.55. The first-order valence-corrected chi connectivity index (χ1v) is 14.8. The fourth-order valence-electron chi connectivity index (χ4n) is 5.61. The number of benzene rings is 1. The molecule has 2 rings (SSSR count). The van der Waals surface area contributed by atoms with E-state index in [1.54, 1.807) is 0 Å². The first-order valence-electron chi connectivity index (χ1n) is 12.6. The summed E-state index contributed by atoms with van der Waals surface area (Å²) in [5.74, 6) is -0.0969. The van der Waals surface area contributed by atoms with E-state index in [4.69, 9.17) is 18.6 Å². The summed E-state index contributed by atoms with van der Waals surface area (Å²) in [5, 5.41) is 0. The van der Waals surface area contributed by atoms with E-state index >= 15 is 0 Å². The van der Waals surface area contributed by atoms with Gasteiger partial charge in [-0.1, -0.05) is 78.8 Å². The fourth-order valence-corrected chi connectivity index (χ4v) is 11.3. The average molecular weight is 479 g/mol. The Labute approximate surface area is 202 Å². The predicted octanol–water partition coefficient (Wildman–Crippen LogP) is 6.51. The van der Waals surface area contributed by atoms with Gasteiger partial charge in [0.2, 0.25) is 8.32 Å². The van der Waals surface area contributed by atoms with E-state index in [9.17, 15) is 4.79 Å². The van der Waals surface area contributed by atoms with Crippen molar-refractivity contribution in [2.24, 2.45) is 5.92 Å². The van der Waals surface area contributed by atoms with Gasteiger partial charge in [-0.2, -0.15) is 0 Å². The van der Waals surface area contributed by atoms with Gasteiger partial charge in [0, 0.05) is 12.5 Å². The molecule has 4 atom stereocenters. The van der Waals surface area contributed by atoms with Crippen LogP contribution in [0.2, 0.25) is 16.6 Å². The third-order valence-corrected chi connectivity index (χ3v) is 13.5.